The van der Waals surface area contributed by atoms with Crippen molar-refractivity contribution in [1.29, 1.82) is 0 Å². The molecule has 11 heteroatoms. The average Bonchev–Trinajstić information content (AvgIpc) is 3.67. The van der Waals surface area contributed by atoms with Crippen molar-refractivity contribution in [3.05, 3.63) is 70.9 Å². The summed E-state index contributed by atoms with van der Waals surface area (Å²) in [6.45, 7) is 0. The highest BCUT2D eigenvalue weighted by atomic mass is 32.2. The molecule has 2 saturated carbocycles. The maximum absolute atomic E-state index is 13.9. The van der Waals surface area contributed by atoms with Crippen LogP contribution in [0.2, 0.25) is 0 Å². The van der Waals surface area contributed by atoms with Crippen LogP contribution in [0, 0.1) is 0 Å². The van der Waals surface area contributed by atoms with Crippen LogP contribution in [0.1, 0.15) is 79.2 Å². The molecular formula is C28H33N5O4S2. The second kappa shape index (κ2) is 12.4. The van der Waals surface area contributed by atoms with Crippen LogP contribution < -0.4 is 14.9 Å². The number of carbonyl (C=O) groups excluding carboxylic acids is 2. The first-order valence-corrected chi connectivity index (χ1v) is 15.8. The van der Waals surface area contributed by atoms with Crippen molar-refractivity contribution in [3.63, 3.8) is 0 Å². The van der Waals surface area contributed by atoms with Crippen molar-refractivity contribution < 1.29 is 18.0 Å². The first-order chi connectivity index (χ1) is 18.9. The quantitative estimate of drug-likeness (QED) is 0.390. The number of hydrogen-bond donors (Lipinski definition) is 2. The van der Waals surface area contributed by atoms with Gasteiger partial charge in [-0.25, -0.2) is 18.1 Å². The van der Waals surface area contributed by atoms with Gasteiger partial charge in [0.1, 0.15) is 5.69 Å². The van der Waals surface area contributed by atoms with Crippen LogP contribution in [0.5, 0.6) is 0 Å². The zero-order valence-corrected chi connectivity index (χ0v) is 23.3. The number of amides is 2. The Hall–Kier alpha value is -3.15. The van der Waals surface area contributed by atoms with Crippen molar-refractivity contribution in [1.82, 2.24) is 20.0 Å². The van der Waals surface area contributed by atoms with E-state index >= 15 is 0 Å². The van der Waals surface area contributed by atoms with E-state index in [1.54, 1.807) is 12.1 Å². The SMILES string of the molecule is O=C(NC1CCCCC1)[C@@H](c1cccs1)N(C(=O)c1cnccn1)c1ccc(S(=O)(=O)NC2CCCC2)cc1. The average molecular weight is 568 g/mol. The van der Waals surface area contributed by atoms with Crippen LogP contribution in [-0.2, 0) is 14.8 Å². The zero-order valence-electron chi connectivity index (χ0n) is 21.7. The minimum atomic E-state index is -3.71. The molecule has 2 amide bonds. The number of hydrogen-bond acceptors (Lipinski definition) is 7. The molecule has 2 fully saturated rings. The molecule has 5 rings (SSSR count). The maximum atomic E-state index is 13.9. The predicted molar refractivity (Wildman–Crippen MR) is 150 cm³/mol. The van der Waals surface area contributed by atoms with Gasteiger partial charge >= 0.3 is 0 Å². The van der Waals surface area contributed by atoms with E-state index in [9.17, 15) is 18.0 Å². The van der Waals surface area contributed by atoms with Crippen molar-refractivity contribution in [2.75, 3.05) is 4.90 Å². The molecular weight excluding hydrogens is 534 g/mol. The lowest BCUT2D eigenvalue weighted by Crippen LogP contribution is -2.47. The third-order valence-corrected chi connectivity index (χ3v) is 9.84. The lowest BCUT2D eigenvalue weighted by atomic mass is 9.95. The van der Waals surface area contributed by atoms with Gasteiger partial charge in [0, 0.05) is 35.0 Å². The van der Waals surface area contributed by atoms with E-state index < -0.39 is 22.0 Å². The molecule has 39 heavy (non-hydrogen) atoms. The molecule has 206 valence electrons. The smallest absolute Gasteiger partial charge is 0.279 e. The number of sulfonamides is 1. The monoisotopic (exact) mass is 567 g/mol. The highest BCUT2D eigenvalue weighted by Crippen LogP contribution is 2.33. The van der Waals surface area contributed by atoms with Gasteiger partial charge in [-0.2, -0.15) is 0 Å². The lowest BCUT2D eigenvalue weighted by molar-refractivity contribution is -0.123. The van der Waals surface area contributed by atoms with Gasteiger partial charge < -0.3 is 5.32 Å². The number of nitrogens with one attached hydrogen (secondary N) is 2. The second-order valence-corrected chi connectivity index (χ2v) is 12.8. The fourth-order valence-electron chi connectivity index (χ4n) is 5.38. The van der Waals surface area contributed by atoms with E-state index in [4.69, 9.17) is 0 Å². The third kappa shape index (κ3) is 6.54. The zero-order chi connectivity index (χ0) is 27.2. The van der Waals surface area contributed by atoms with Crippen molar-refractivity contribution in [2.45, 2.75) is 80.8 Å². The van der Waals surface area contributed by atoms with Crippen LogP contribution in [0.3, 0.4) is 0 Å². The molecule has 3 aromatic rings. The van der Waals surface area contributed by atoms with E-state index in [-0.39, 0.29) is 28.6 Å². The van der Waals surface area contributed by atoms with Gasteiger partial charge in [-0.1, -0.05) is 38.2 Å². The lowest BCUT2D eigenvalue weighted by Gasteiger charge is -2.32. The summed E-state index contributed by atoms with van der Waals surface area (Å²) >= 11 is 1.39. The Balaban J connectivity index is 1.50. The number of carbonyl (C=O) groups is 2. The number of thiophene rings is 1. The normalized spacial score (nSPS) is 17.5. The summed E-state index contributed by atoms with van der Waals surface area (Å²) in [7, 11) is -3.71. The van der Waals surface area contributed by atoms with Crippen LogP contribution in [0.4, 0.5) is 5.69 Å². The fourth-order valence-corrected chi connectivity index (χ4v) is 7.50. The van der Waals surface area contributed by atoms with Gasteiger partial charge in [0.25, 0.3) is 5.91 Å². The summed E-state index contributed by atoms with van der Waals surface area (Å²) in [5, 5.41) is 5.04. The number of anilines is 1. The first-order valence-electron chi connectivity index (χ1n) is 13.5. The highest BCUT2D eigenvalue weighted by Gasteiger charge is 2.36. The van der Waals surface area contributed by atoms with Gasteiger partial charge in [-0.05, 0) is 61.4 Å². The molecule has 0 spiro atoms. The Morgan fingerprint density at radius 2 is 1.62 bits per heavy atom. The Kier molecular flexibility index (Phi) is 8.69. The molecule has 1 atom stereocenters. The Labute approximate surface area is 233 Å². The van der Waals surface area contributed by atoms with Crippen LogP contribution in [0.15, 0.2) is 65.3 Å². The highest BCUT2D eigenvalue weighted by molar-refractivity contribution is 7.89. The first kappa shape index (κ1) is 27.4. The summed E-state index contributed by atoms with van der Waals surface area (Å²) in [6, 6.07) is 8.82. The molecule has 1 aromatic carbocycles. The van der Waals surface area contributed by atoms with E-state index in [2.05, 4.69) is 20.0 Å². The number of aromatic nitrogens is 2. The van der Waals surface area contributed by atoms with Gasteiger partial charge in [-0.3, -0.25) is 19.5 Å². The topological polar surface area (TPSA) is 121 Å². The fraction of sp³-hybridized carbons (Fsp3) is 0.429. The molecule has 2 heterocycles. The molecule has 0 aliphatic heterocycles. The molecule has 2 aliphatic rings. The van der Waals surface area contributed by atoms with Crippen LogP contribution in [-0.4, -0.2) is 42.3 Å². The summed E-state index contributed by atoms with van der Waals surface area (Å²) in [6.07, 6.45) is 13.0. The van der Waals surface area contributed by atoms with E-state index in [1.165, 1.54) is 47.0 Å². The summed E-state index contributed by atoms with van der Waals surface area (Å²) in [4.78, 5) is 38.2. The Morgan fingerprint density at radius 1 is 0.923 bits per heavy atom. The van der Waals surface area contributed by atoms with E-state index in [1.807, 2.05) is 17.5 Å². The number of benzene rings is 1. The van der Waals surface area contributed by atoms with Gasteiger partial charge in [0.05, 0.1) is 11.1 Å². The Morgan fingerprint density at radius 3 is 2.26 bits per heavy atom. The second-order valence-electron chi connectivity index (χ2n) is 10.1. The number of nitrogens with zero attached hydrogens (tertiary/aromatic N) is 3. The molecule has 2 aliphatic carbocycles. The van der Waals surface area contributed by atoms with Crippen molar-refractivity contribution in [3.8, 4) is 0 Å². The van der Waals surface area contributed by atoms with Crippen molar-refractivity contribution in [2.24, 2.45) is 0 Å². The van der Waals surface area contributed by atoms with Crippen LogP contribution in [0.25, 0.3) is 0 Å². The van der Waals surface area contributed by atoms with Crippen LogP contribution >= 0.6 is 11.3 Å². The van der Waals surface area contributed by atoms with Gasteiger partial charge in [-0.15, -0.1) is 11.3 Å². The third-order valence-electron chi connectivity index (χ3n) is 7.37. The van der Waals surface area contributed by atoms with Gasteiger partial charge in [0.15, 0.2) is 6.04 Å². The predicted octanol–water partition coefficient (Wildman–Crippen LogP) is 4.60. The minimum Gasteiger partial charge on any atom is -0.351 e. The molecule has 0 radical (unpaired) electrons. The summed E-state index contributed by atoms with van der Waals surface area (Å²) < 4.78 is 28.8. The standard InChI is InChI=1S/C28H33N5O4S2/c34-27(31-20-7-2-1-3-8-20)26(25-11-6-18-38-25)33(28(35)24-19-29-16-17-30-24)22-12-14-23(15-13-22)39(36,37)32-21-9-4-5-10-21/h6,11-21,26,32H,1-5,7-10H2,(H,31,34)/t26-/m1/s1. The largest absolute Gasteiger partial charge is 0.351 e. The summed E-state index contributed by atoms with van der Waals surface area (Å²) in [5.41, 5.74) is 0.479. The molecule has 0 unspecified atom stereocenters. The van der Waals surface area contributed by atoms with E-state index in [0.717, 1.165) is 57.8 Å². The molecule has 2 aromatic heterocycles. The Bertz CT molecular complexity index is 1350. The molecule has 2 N–H and O–H groups in total. The van der Waals surface area contributed by atoms with E-state index in [0.29, 0.717) is 10.6 Å². The summed E-state index contributed by atoms with van der Waals surface area (Å²) in [5.74, 6) is -0.777. The molecule has 0 bridgehead atoms. The minimum absolute atomic E-state index is 0.0522. The number of rotatable bonds is 9. The molecule has 9 nitrogen and oxygen atoms in total. The molecule has 0 saturated heterocycles. The van der Waals surface area contributed by atoms with Crippen molar-refractivity contribution >= 4 is 38.9 Å². The maximum Gasteiger partial charge on any atom is 0.279 e. The van der Waals surface area contributed by atoms with Gasteiger partial charge in [0.2, 0.25) is 15.9 Å².